The SMILES string of the molecule is COc1nn(-c2ccc(NC(=O)Nc3ccc(F)cc3F)cc2)c(=O)o1. The highest BCUT2D eigenvalue weighted by Crippen LogP contribution is 2.16. The Balaban J connectivity index is 1.69. The third kappa shape index (κ3) is 3.69. The molecule has 2 amide bonds. The molecule has 3 aromatic rings. The van der Waals surface area contributed by atoms with Crippen molar-refractivity contribution in [3.63, 3.8) is 0 Å². The van der Waals surface area contributed by atoms with E-state index in [9.17, 15) is 18.4 Å². The standard InChI is InChI=1S/C16H12F2N4O4/c1-25-15-21-22(16(24)26-15)11-5-3-10(4-6-11)19-14(23)20-13-7-2-9(17)8-12(13)18/h2-8H,1H3,(H2,19,20,23). The van der Waals surface area contributed by atoms with Crippen LogP contribution in [-0.2, 0) is 0 Å². The topological polar surface area (TPSA) is 98.4 Å². The molecule has 0 spiro atoms. The lowest BCUT2D eigenvalue weighted by Crippen LogP contribution is -2.20. The van der Waals surface area contributed by atoms with Crippen LogP contribution in [0.3, 0.4) is 0 Å². The van der Waals surface area contributed by atoms with Crippen LogP contribution in [0, 0.1) is 11.6 Å². The average molecular weight is 362 g/mol. The largest absolute Gasteiger partial charge is 0.452 e. The number of urea groups is 1. The average Bonchev–Trinajstić information content (AvgIpc) is 2.99. The quantitative estimate of drug-likeness (QED) is 0.744. The molecule has 0 aliphatic carbocycles. The first-order valence-electron chi connectivity index (χ1n) is 7.24. The van der Waals surface area contributed by atoms with E-state index in [1.54, 1.807) is 0 Å². The summed E-state index contributed by atoms with van der Waals surface area (Å²) in [7, 11) is 1.31. The maximum atomic E-state index is 13.5. The second-order valence-corrected chi connectivity index (χ2v) is 5.00. The van der Waals surface area contributed by atoms with E-state index < -0.39 is 23.4 Å². The van der Waals surface area contributed by atoms with Gasteiger partial charge in [-0.15, -0.1) is 0 Å². The third-order valence-corrected chi connectivity index (χ3v) is 3.25. The first-order chi connectivity index (χ1) is 12.5. The third-order valence-electron chi connectivity index (χ3n) is 3.25. The number of aromatic nitrogens is 2. The van der Waals surface area contributed by atoms with E-state index in [1.807, 2.05) is 0 Å². The molecule has 0 fully saturated rings. The molecule has 26 heavy (non-hydrogen) atoms. The van der Waals surface area contributed by atoms with E-state index in [-0.39, 0.29) is 11.8 Å². The molecule has 1 heterocycles. The molecular formula is C16H12F2N4O4. The molecule has 0 atom stereocenters. The van der Waals surface area contributed by atoms with Crippen LogP contribution < -0.4 is 21.1 Å². The lowest BCUT2D eigenvalue weighted by Gasteiger charge is -2.09. The Bertz CT molecular complexity index is 998. The summed E-state index contributed by atoms with van der Waals surface area (Å²) in [4.78, 5) is 23.5. The summed E-state index contributed by atoms with van der Waals surface area (Å²) in [5.74, 6) is -2.37. The summed E-state index contributed by atoms with van der Waals surface area (Å²) < 4.78 is 36.8. The fourth-order valence-electron chi connectivity index (χ4n) is 2.07. The van der Waals surface area contributed by atoms with Gasteiger partial charge in [0.15, 0.2) is 0 Å². The Labute approximate surface area is 145 Å². The van der Waals surface area contributed by atoms with Gasteiger partial charge in [-0.2, -0.15) is 4.68 Å². The van der Waals surface area contributed by atoms with E-state index in [2.05, 4.69) is 15.7 Å². The second-order valence-electron chi connectivity index (χ2n) is 5.00. The molecule has 0 aliphatic rings. The zero-order valence-electron chi connectivity index (χ0n) is 13.3. The van der Waals surface area contributed by atoms with Crippen LogP contribution in [0.4, 0.5) is 25.0 Å². The molecule has 0 saturated heterocycles. The summed E-state index contributed by atoms with van der Waals surface area (Å²) in [6.07, 6.45) is -0.182. The molecule has 0 saturated carbocycles. The highest BCUT2D eigenvalue weighted by atomic mass is 19.1. The summed E-state index contributed by atoms with van der Waals surface area (Å²) in [6, 6.07) is 8.11. The van der Waals surface area contributed by atoms with Crippen molar-refractivity contribution >= 4 is 17.4 Å². The molecule has 1 aromatic heterocycles. The number of nitrogens with zero attached hydrogens (tertiary/aromatic N) is 2. The molecule has 10 heteroatoms. The smallest absolute Gasteiger partial charge is 0.444 e. The molecule has 0 unspecified atom stereocenters. The first kappa shape index (κ1) is 17.1. The highest BCUT2D eigenvalue weighted by Gasteiger charge is 2.11. The summed E-state index contributed by atoms with van der Waals surface area (Å²) in [5.41, 5.74) is 0.594. The number of benzene rings is 2. The molecular weight excluding hydrogens is 350 g/mol. The maximum Gasteiger partial charge on any atom is 0.444 e. The van der Waals surface area contributed by atoms with Crippen molar-refractivity contribution in [1.29, 1.82) is 0 Å². The summed E-state index contributed by atoms with van der Waals surface area (Å²) in [6.45, 7) is 0. The number of ether oxygens (including phenoxy) is 1. The van der Waals surface area contributed by atoms with Crippen molar-refractivity contribution in [3.8, 4) is 11.8 Å². The number of hydrogen-bond donors (Lipinski definition) is 2. The van der Waals surface area contributed by atoms with Crippen LogP contribution in [0.2, 0.25) is 0 Å². The van der Waals surface area contributed by atoms with Crippen molar-refractivity contribution in [3.05, 3.63) is 64.6 Å². The fraction of sp³-hybridized carbons (Fsp3) is 0.0625. The number of amides is 2. The van der Waals surface area contributed by atoms with Gasteiger partial charge in [0.1, 0.15) is 11.6 Å². The minimum atomic E-state index is -0.894. The minimum Gasteiger partial charge on any atom is -0.452 e. The number of nitrogens with one attached hydrogen (secondary N) is 2. The summed E-state index contributed by atoms with van der Waals surface area (Å²) >= 11 is 0. The van der Waals surface area contributed by atoms with Gasteiger partial charge in [0, 0.05) is 11.8 Å². The Morgan fingerprint density at radius 3 is 2.50 bits per heavy atom. The van der Waals surface area contributed by atoms with Crippen molar-refractivity contribution in [2.24, 2.45) is 0 Å². The zero-order valence-corrected chi connectivity index (χ0v) is 13.3. The Morgan fingerprint density at radius 2 is 1.88 bits per heavy atom. The van der Waals surface area contributed by atoms with Crippen molar-refractivity contribution in [1.82, 2.24) is 9.78 Å². The van der Waals surface area contributed by atoms with Crippen LogP contribution >= 0.6 is 0 Å². The monoisotopic (exact) mass is 362 g/mol. The minimum absolute atomic E-state index is 0.165. The number of rotatable bonds is 4. The first-order valence-corrected chi connectivity index (χ1v) is 7.24. The van der Waals surface area contributed by atoms with Gasteiger partial charge in [0.25, 0.3) is 0 Å². The molecule has 8 nitrogen and oxygen atoms in total. The molecule has 2 N–H and O–H groups in total. The summed E-state index contributed by atoms with van der Waals surface area (Å²) in [5, 5.41) is 8.54. The van der Waals surface area contributed by atoms with Crippen molar-refractivity contribution in [2.45, 2.75) is 0 Å². The maximum absolute atomic E-state index is 13.5. The van der Waals surface area contributed by atoms with E-state index in [1.165, 1.54) is 31.4 Å². The number of methoxy groups -OCH3 is 1. The lowest BCUT2D eigenvalue weighted by molar-refractivity contribution is 0.262. The van der Waals surface area contributed by atoms with Crippen LogP contribution in [0.15, 0.2) is 51.7 Å². The van der Waals surface area contributed by atoms with Crippen LogP contribution in [-0.4, -0.2) is 22.9 Å². The van der Waals surface area contributed by atoms with Crippen LogP contribution in [0.25, 0.3) is 5.69 Å². The number of hydrogen-bond acceptors (Lipinski definition) is 5. The van der Waals surface area contributed by atoms with Gasteiger partial charge in [-0.05, 0) is 36.4 Å². The molecule has 0 bridgehead atoms. The van der Waals surface area contributed by atoms with Gasteiger partial charge in [0.2, 0.25) is 0 Å². The van der Waals surface area contributed by atoms with E-state index >= 15 is 0 Å². The molecule has 134 valence electrons. The van der Waals surface area contributed by atoms with Gasteiger partial charge < -0.3 is 19.8 Å². The normalized spacial score (nSPS) is 10.4. The predicted molar refractivity (Wildman–Crippen MR) is 87.7 cm³/mol. The highest BCUT2D eigenvalue weighted by molar-refractivity contribution is 5.99. The van der Waals surface area contributed by atoms with Gasteiger partial charge in [0.05, 0.1) is 18.5 Å². The number of anilines is 2. The fourth-order valence-corrected chi connectivity index (χ4v) is 2.07. The van der Waals surface area contributed by atoms with Gasteiger partial charge >= 0.3 is 17.9 Å². The van der Waals surface area contributed by atoms with Gasteiger partial charge in [-0.25, -0.2) is 18.4 Å². The van der Waals surface area contributed by atoms with Crippen LogP contribution in [0.1, 0.15) is 0 Å². The number of halogens is 2. The van der Waals surface area contributed by atoms with E-state index in [0.29, 0.717) is 17.4 Å². The molecule has 2 aromatic carbocycles. The Hall–Kier alpha value is -3.69. The van der Waals surface area contributed by atoms with Crippen molar-refractivity contribution in [2.75, 3.05) is 17.7 Å². The lowest BCUT2D eigenvalue weighted by atomic mass is 10.3. The number of carbonyl (C=O) groups excluding carboxylic acids is 1. The molecule has 3 rings (SSSR count). The predicted octanol–water partition coefficient (Wildman–Crippen LogP) is 2.76. The van der Waals surface area contributed by atoms with E-state index in [4.69, 9.17) is 9.15 Å². The van der Waals surface area contributed by atoms with Crippen LogP contribution in [0.5, 0.6) is 6.08 Å². The van der Waals surface area contributed by atoms with Gasteiger partial charge in [-0.3, -0.25) is 0 Å². The Kier molecular flexibility index (Phi) is 4.65. The van der Waals surface area contributed by atoms with Gasteiger partial charge in [-0.1, -0.05) is 5.10 Å². The van der Waals surface area contributed by atoms with Crippen molar-refractivity contribution < 1.29 is 22.7 Å². The van der Waals surface area contributed by atoms with E-state index in [0.717, 1.165) is 16.8 Å². The molecule has 0 aliphatic heterocycles. The zero-order chi connectivity index (χ0) is 18.7. The second kappa shape index (κ2) is 7.05. The Morgan fingerprint density at radius 1 is 1.15 bits per heavy atom. The molecule has 0 radical (unpaired) electrons. The number of carbonyl (C=O) groups is 1.